The highest BCUT2D eigenvalue weighted by atomic mass is 35.5. The highest BCUT2D eigenvalue weighted by Crippen LogP contribution is 2.34. The van der Waals surface area contributed by atoms with Gasteiger partial charge in [0, 0.05) is 10.9 Å². The van der Waals surface area contributed by atoms with Crippen molar-refractivity contribution in [3.63, 3.8) is 0 Å². The van der Waals surface area contributed by atoms with Crippen LogP contribution in [0.3, 0.4) is 0 Å². The molecule has 1 atom stereocenters. The summed E-state index contributed by atoms with van der Waals surface area (Å²) in [7, 11) is 0. The molecule has 0 saturated heterocycles. The van der Waals surface area contributed by atoms with Crippen molar-refractivity contribution in [1.82, 2.24) is 5.32 Å². The van der Waals surface area contributed by atoms with Crippen LogP contribution in [0.1, 0.15) is 35.4 Å². The zero-order valence-electron chi connectivity index (χ0n) is 12.1. The van der Waals surface area contributed by atoms with E-state index in [-0.39, 0.29) is 6.04 Å². The number of rotatable bonds is 6. The molecule has 0 spiro atoms. The topological polar surface area (TPSA) is 12.0 Å². The van der Waals surface area contributed by atoms with Gasteiger partial charge >= 0.3 is 0 Å². The number of halogens is 3. The summed E-state index contributed by atoms with van der Waals surface area (Å²) in [6.45, 7) is 5.15. The van der Waals surface area contributed by atoms with Crippen LogP contribution < -0.4 is 5.32 Å². The molecule has 1 unspecified atom stereocenters. The Hall–Kier alpha value is -0.250. The zero-order valence-corrected chi connectivity index (χ0v) is 15.1. The van der Waals surface area contributed by atoms with E-state index in [1.807, 2.05) is 25.1 Å². The van der Waals surface area contributed by atoms with E-state index in [2.05, 4.69) is 17.6 Å². The first-order valence-electron chi connectivity index (χ1n) is 6.93. The predicted molar refractivity (Wildman–Crippen MR) is 95.3 cm³/mol. The highest BCUT2D eigenvalue weighted by Gasteiger charge is 2.18. The largest absolute Gasteiger partial charge is 0.309 e. The van der Waals surface area contributed by atoms with Crippen molar-refractivity contribution >= 4 is 46.1 Å². The van der Waals surface area contributed by atoms with Gasteiger partial charge < -0.3 is 5.32 Å². The average molecular weight is 363 g/mol. The molecule has 0 aliphatic heterocycles. The Labute approximate surface area is 145 Å². The molecule has 0 aliphatic carbocycles. The van der Waals surface area contributed by atoms with Gasteiger partial charge in [-0.2, -0.15) is 0 Å². The molecule has 114 valence electrons. The van der Waals surface area contributed by atoms with Gasteiger partial charge in [-0.15, -0.1) is 11.3 Å². The van der Waals surface area contributed by atoms with Gasteiger partial charge in [0.05, 0.1) is 15.1 Å². The lowest BCUT2D eigenvalue weighted by Gasteiger charge is -2.18. The fourth-order valence-electron chi connectivity index (χ4n) is 2.16. The van der Waals surface area contributed by atoms with Gasteiger partial charge in [0.15, 0.2) is 0 Å². The Kier molecular flexibility index (Phi) is 6.39. The summed E-state index contributed by atoms with van der Waals surface area (Å²) in [5, 5.41) is 7.73. The van der Waals surface area contributed by atoms with Crippen LogP contribution in [0.4, 0.5) is 0 Å². The van der Waals surface area contributed by atoms with Crippen LogP contribution in [0.25, 0.3) is 0 Å². The van der Waals surface area contributed by atoms with E-state index in [1.165, 1.54) is 4.88 Å². The molecular formula is C16H18Cl3NS. The van der Waals surface area contributed by atoms with Crippen molar-refractivity contribution in [2.75, 3.05) is 6.54 Å². The van der Waals surface area contributed by atoms with Crippen LogP contribution >= 0.6 is 46.1 Å². The third-order valence-electron chi connectivity index (χ3n) is 3.31. The van der Waals surface area contributed by atoms with E-state index < -0.39 is 0 Å². The lowest BCUT2D eigenvalue weighted by Crippen LogP contribution is -2.23. The van der Waals surface area contributed by atoms with Crippen LogP contribution in [0.15, 0.2) is 23.6 Å². The Morgan fingerprint density at radius 3 is 2.52 bits per heavy atom. The van der Waals surface area contributed by atoms with Crippen molar-refractivity contribution in [3.05, 3.63) is 54.7 Å². The first kappa shape index (κ1) is 17.1. The minimum Gasteiger partial charge on any atom is -0.309 e. The summed E-state index contributed by atoms with van der Waals surface area (Å²) >= 11 is 20.2. The minimum absolute atomic E-state index is 0.202. The maximum atomic E-state index is 6.43. The van der Waals surface area contributed by atoms with Crippen molar-refractivity contribution in [2.24, 2.45) is 0 Å². The average Bonchev–Trinajstić information content (AvgIpc) is 2.79. The summed E-state index contributed by atoms with van der Waals surface area (Å²) in [6.07, 6.45) is 1.93. The molecule has 1 N–H and O–H groups in total. The van der Waals surface area contributed by atoms with Gasteiger partial charge in [0.25, 0.3) is 0 Å². The van der Waals surface area contributed by atoms with E-state index in [1.54, 1.807) is 11.3 Å². The molecule has 1 aromatic carbocycles. The summed E-state index contributed by atoms with van der Waals surface area (Å²) in [4.78, 5) is 1.19. The molecule has 0 bridgehead atoms. The monoisotopic (exact) mass is 361 g/mol. The summed E-state index contributed by atoms with van der Waals surface area (Å²) in [5.41, 5.74) is 2.29. The SMILES string of the molecule is CCCNC(Cc1ccc(Cl)c(Cl)c1)c1scc(C)c1Cl. The fourth-order valence-corrected chi connectivity index (χ4v) is 3.89. The molecule has 0 amide bonds. The lowest BCUT2D eigenvalue weighted by atomic mass is 10.0. The second kappa shape index (κ2) is 7.85. The Morgan fingerprint density at radius 2 is 1.95 bits per heavy atom. The Morgan fingerprint density at radius 1 is 1.19 bits per heavy atom. The summed E-state index contributed by atoms with van der Waals surface area (Å²) < 4.78 is 0. The number of benzene rings is 1. The Balaban J connectivity index is 2.23. The second-order valence-electron chi connectivity index (χ2n) is 5.06. The fraction of sp³-hybridized carbons (Fsp3) is 0.375. The smallest absolute Gasteiger partial charge is 0.0595 e. The van der Waals surface area contributed by atoms with E-state index >= 15 is 0 Å². The van der Waals surface area contributed by atoms with Gasteiger partial charge in [0.2, 0.25) is 0 Å². The first-order chi connectivity index (χ1) is 10.0. The predicted octanol–water partition coefficient (Wildman–Crippen LogP) is 6.30. The summed E-state index contributed by atoms with van der Waals surface area (Å²) in [5.74, 6) is 0. The van der Waals surface area contributed by atoms with Crippen molar-refractivity contribution in [3.8, 4) is 0 Å². The maximum Gasteiger partial charge on any atom is 0.0595 e. The number of hydrogen-bond acceptors (Lipinski definition) is 2. The normalized spacial score (nSPS) is 12.6. The van der Waals surface area contributed by atoms with Gasteiger partial charge in [-0.1, -0.05) is 47.8 Å². The van der Waals surface area contributed by atoms with E-state index in [4.69, 9.17) is 34.8 Å². The number of aryl methyl sites for hydroxylation is 1. The van der Waals surface area contributed by atoms with Gasteiger partial charge in [-0.3, -0.25) is 0 Å². The van der Waals surface area contributed by atoms with Crippen molar-refractivity contribution in [1.29, 1.82) is 0 Å². The summed E-state index contributed by atoms with van der Waals surface area (Å²) in [6, 6.07) is 5.99. The second-order valence-corrected chi connectivity index (χ2v) is 7.16. The molecular weight excluding hydrogens is 345 g/mol. The van der Waals surface area contributed by atoms with Crippen LogP contribution in [0, 0.1) is 6.92 Å². The van der Waals surface area contributed by atoms with Crippen LogP contribution in [0.5, 0.6) is 0 Å². The molecule has 1 nitrogen and oxygen atoms in total. The zero-order chi connectivity index (χ0) is 15.4. The quantitative estimate of drug-likeness (QED) is 0.635. The third kappa shape index (κ3) is 4.37. The molecule has 5 heteroatoms. The molecule has 1 heterocycles. The van der Waals surface area contributed by atoms with E-state index in [0.29, 0.717) is 10.0 Å². The van der Waals surface area contributed by atoms with Gasteiger partial charge in [0.1, 0.15) is 0 Å². The molecule has 0 fully saturated rings. The molecule has 2 aromatic rings. The third-order valence-corrected chi connectivity index (χ3v) is 5.87. The molecule has 0 radical (unpaired) electrons. The van der Waals surface area contributed by atoms with E-state index in [0.717, 1.165) is 35.5 Å². The number of hydrogen-bond donors (Lipinski definition) is 1. The van der Waals surface area contributed by atoms with Gasteiger partial charge in [-0.25, -0.2) is 0 Å². The van der Waals surface area contributed by atoms with Crippen molar-refractivity contribution in [2.45, 2.75) is 32.7 Å². The lowest BCUT2D eigenvalue weighted by molar-refractivity contribution is 0.536. The molecule has 2 rings (SSSR count). The van der Waals surface area contributed by atoms with Crippen LogP contribution in [-0.2, 0) is 6.42 Å². The van der Waals surface area contributed by atoms with Crippen molar-refractivity contribution < 1.29 is 0 Å². The Bertz CT molecular complexity index is 610. The highest BCUT2D eigenvalue weighted by molar-refractivity contribution is 7.10. The van der Waals surface area contributed by atoms with Crippen LogP contribution in [0.2, 0.25) is 15.1 Å². The first-order valence-corrected chi connectivity index (χ1v) is 8.95. The van der Waals surface area contributed by atoms with E-state index in [9.17, 15) is 0 Å². The maximum absolute atomic E-state index is 6.43. The minimum atomic E-state index is 0.202. The number of thiophene rings is 1. The van der Waals surface area contributed by atoms with Gasteiger partial charge in [-0.05, 0) is 54.9 Å². The number of nitrogens with one attached hydrogen (secondary N) is 1. The van der Waals surface area contributed by atoms with Crippen LogP contribution in [-0.4, -0.2) is 6.54 Å². The molecule has 0 aliphatic rings. The molecule has 0 saturated carbocycles. The molecule has 1 aromatic heterocycles. The standard InChI is InChI=1S/C16H18Cl3NS/c1-3-6-20-14(16-15(19)10(2)9-21-16)8-11-4-5-12(17)13(18)7-11/h4-5,7,9,14,20H,3,6,8H2,1-2H3. The molecule has 21 heavy (non-hydrogen) atoms.